The van der Waals surface area contributed by atoms with Crippen molar-refractivity contribution < 1.29 is 4.79 Å². The highest BCUT2D eigenvalue weighted by molar-refractivity contribution is 5.91. The number of benzene rings is 2. The van der Waals surface area contributed by atoms with E-state index in [-0.39, 0.29) is 17.6 Å². The summed E-state index contributed by atoms with van der Waals surface area (Å²) in [5.74, 6) is 0.0414. The maximum Gasteiger partial charge on any atom is 0.147 e. The van der Waals surface area contributed by atoms with Gasteiger partial charge in [0.25, 0.3) is 0 Å². The van der Waals surface area contributed by atoms with Gasteiger partial charge in [-0.2, -0.15) is 0 Å². The van der Waals surface area contributed by atoms with Gasteiger partial charge in [-0.25, -0.2) is 0 Å². The zero-order valence-corrected chi connectivity index (χ0v) is 15.6. The fourth-order valence-electron chi connectivity index (χ4n) is 2.83. The van der Waals surface area contributed by atoms with Gasteiger partial charge in [0.1, 0.15) is 5.78 Å². The van der Waals surface area contributed by atoms with Crippen LogP contribution in [0.3, 0.4) is 0 Å². The summed E-state index contributed by atoms with van der Waals surface area (Å²) in [4.78, 5) is 17.0. The zero-order valence-electron chi connectivity index (χ0n) is 15.6. The van der Waals surface area contributed by atoms with E-state index in [1.54, 1.807) is 0 Å². The number of carbonyl (C=O) groups is 1. The number of hydrogen-bond donors (Lipinski definition) is 0. The van der Waals surface area contributed by atoms with Crippen LogP contribution in [0.25, 0.3) is 0 Å². The minimum absolute atomic E-state index is 0.107. The van der Waals surface area contributed by atoms with Crippen molar-refractivity contribution in [3.8, 4) is 0 Å². The Labute approximate surface area is 145 Å². The van der Waals surface area contributed by atoms with Crippen LogP contribution in [0, 0.1) is 0 Å². The number of carbonyl (C=O) groups excluding carboxylic acids is 1. The van der Waals surface area contributed by atoms with Gasteiger partial charge in [0, 0.05) is 51.4 Å². The highest BCUT2D eigenvalue weighted by atomic mass is 16.1. The van der Waals surface area contributed by atoms with Gasteiger partial charge in [0.15, 0.2) is 0 Å². The van der Waals surface area contributed by atoms with Gasteiger partial charge >= 0.3 is 0 Å². The molecule has 2 aromatic rings. The number of rotatable bonds is 6. The van der Waals surface area contributed by atoms with Gasteiger partial charge in [-0.15, -0.1) is 0 Å². The molecule has 3 nitrogen and oxygen atoms in total. The predicted octanol–water partition coefficient (Wildman–Crippen LogP) is 4.29. The Balaban J connectivity index is 2.14. The Morgan fingerprint density at radius 1 is 0.667 bits per heavy atom. The van der Waals surface area contributed by atoms with Crippen LogP contribution in [0.2, 0.25) is 0 Å². The van der Waals surface area contributed by atoms with Crippen LogP contribution in [-0.2, 0) is 4.79 Å². The number of nitrogens with zero attached hydrogens (tertiary/aromatic N) is 2. The summed E-state index contributed by atoms with van der Waals surface area (Å²) in [7, 11) is 8.07. The zero-order chi connectivity index (χ0) is 17.9. The van der Waals surface area contributed by atoms with E-state index in [4.69, 9.17) is 0 Å². The third-order valence-electron chi connectivity index (χ3n) is 4.67. The lowest BCUT2D eigenvalue weighted by Crippen LogP contribution is -2.17. The number of anilines is 2. The lowest BCUT2D eigenvalue weighted by molar-refractivity contribution is -0.121. The van der Waals surface area contributed by atoms with Crippen LogP contribution in [0.4, 0.5) is 11.4 Å². The van der Waals surface area contributed by atoms with Gasteiger partial charge in [-0.1, -0.05) is 38.1 Å². The van der Waals surface area contributed by atoms with Crippen molar-refractivity contribution in [2.24, 2.45) is 0 Å². The molecule has 0 amide bonds. The third kappa shape index (κ3) is 3.97. The number of Topliss-reactive ketones (excluding diaryl/α,β-unsaturated/α-hetero) is 1. The molecule has 128 valence electrons. The van der Waals surface area contributed by atoms with E-state index in [1.165, 1.54) is 0 Å². The summed E-state index contributed by atoms with van der Waals surface area (Å²) in [6.07, 6.45) is 0. The molecule has 0 saturated carbocycles. The second kappa shape index (κ2) is 7.52. The predicted molar refractivity (Wildman–Crippen MR) is 103 cm³/mol. The molecule has 0 aliphatic carbocycles. The molecule has 0 heterocycles. The van der Waals surface area contributed by atoms with E-state index in [9.17, 15) is 4.79 Å². The van der Waals surface area contributed by atoms with Crippen molar-refractivity contribution in [2.75, 3.05) is 38.0 Å². The van der Waals surface area contributed by atoms with Crippen LogP contribution in [0.1, 0.15) is 36.8 Å². The van der Waals surface area contributed by atoms with E-state index in [0.29, 0.717) is 0 Å². The smallest absolute Gasteiger partial charge is 0.147 e. The average molecular weight is 324 g/mol. The Hall–Kier alpha value is -2.29. The molecule has 0 aromatic heterocycles. The van der Waals surface area contributed by atoms with E-state index in [1.807, 2.05) is 42.0 Å². The van der Waals surface area contributed by atoms with Gasteiger partial charge in [0.2, 0.25) is 0 Å². The minimum Gasteiger partial charge on any atom is -0.378 e. The fourth-order valence-corrected chi connectivity index (χ4v) is 2.83. The molecule has 0 fully saturated rings. The van der Waals surface area contributed by atoms with Crippen molar-refractivity contribution in [1.82, 2.24) is 0 Å². The summed E-state index contributed by atoms with van der Waals surface area (Å²) in [5, 5.41) is 0. The topological polar surface area (TPSA) is 23.6 Å². The second-order valence-electron chi connectivity index (χ2n) is 6.82. The Morgan fingerprint density at radius 3 is 1.21 bits per heavy atom. The first-order valence-electron chi connectivity index (χ1n) is 8.39. The molecule has 2 atom stereocenters. The number of hydrogen-bond acceptors (Lipinski definition) is 3. The molecule has 0 saturated heterocycles. The first kappa shape index (κ1) is 18.1. The van der Waals surface area contributed by atoms with Crippen molar-refractivity contribution in [3.05, 3.63) is 59.7 Å². The van der Waals surface area contributed by atoms with Gasteiger partial charge in [-0.05, 0) is 35.4 Å². The molecule has 0 spiro atoms. The van der Waals surface area contributed by atoms with Crippen molar-refractivity contribution in [2.45, 2.75) is 25.7 Å². The minimum atomic E-state index is -0.107. The van der Waals surface area contributed by atoms with E-state index < -0.39 is 0 Å². The largest absolute Gasteiger partial charge is 0.378 e. The average Bonchev–Trinajstić information content (AvgIpc) is 2.60. The monoisotopic (exact) mass is 324 g/mol. The number of ketones is 1. The summed E-state index contributed by atoms with van der Waals surface area (Å²) in [6.45, 7) is 4.00. The second-order valence-corrected chi connectivity index (χ2v) is 6.82. The molecule has 0 aliphatic heterocycles. The Kier molecular flexibility index (Phi) is 5.66. The van der Waals surface area contributed by atoms with E-state index in [0.717, 1.165) is 22.5 Å². The molecule has 3 heteroatoms. The molecular formula is C21H28N2O. The van der Waals surface area contributed by atoms with Crippen LogP contribution >= 0.6 is 0 Å². The molecular weight excluding hydrogens is 296 g/mol. The maximum atomic E-state index is 12.9. The highest BCUT2D eigenvalue weighted by Crippen LogP contribution is 2.28. The van der Waals surface area contributed by atoms with Crippen molar-refractivity contribution >= 4 is 17.2 Å². The van der Waals surface area contributed by atoms with Crippen LogP contribution in [0.5, 0.6) is 0 Å². The van der Waals surface area contributed by atoms with Gasteiger partial charge < -0.3 is 9.80 Å². The standard InChI is InChI=1S/C21H28N2O/c1-15(17-7-11-19(12-8-17)22(3)4)21(24)16(2)18-9-13-20(14-10-18)23(5)6/h7-16H,1-6H3. The van der Waals surface area contributed by atoms with E-state index in [2.05, 4.69) is 58.3 Å². The van der Waals surface area contributed by atoms with Gasteiger partial charge in [-0.3, -0.25) is 4.79 Å². The van der Waals surface area contributed by atoms with Crippen molar-refractivity contribution in [1.29, 1.82) is 0 Å². The molecule has 2 aromatic carbocycles. The molecule has 2 unspecified atom stereocenters. The van der Waals surface area contributed by atoms with E-state index >= 15 is 0 Å². The fraction of sp³-hybridized carbons (Fsp3) is 0.381. The SMILES string of the molecule is CC(C(=O)C(C)c1ccc(N(C)C)cc1)c1ccc(N(C)C)cc1. The normalized spacial score (nSPS) is 13.2. The quantitative estimate of drug-likeness (QED) is 0.792. The van der Waals surface area contributed by atoms with Crippen LogP contribution in [-0.4, -0.2) is 34.0 Å². The van der Waals surface area contributed by atoms with Crippen LogP contribution < -0.4 is 9.80 Å². The summed E-state index contributed by atoms with van der Waals surface area (Å²) in [6, 6.07) is 16.5. The van der Waals surface area contributed by atoms with Crippen molar-refractivity contribution in [3.63, 3.8) is 0 Å². The molecule has 24 heavy (non-hydrogen) atoms. The highest BCUT2D eigenvalue weighted by Gasteiger charge is 2.22. The molecule has 0 aliphatic rings. The lowest BCUT2D eigenvalue weighted by atomic mass is 9.86. The lowest BCUT2D eigenvalue weighted by Gasteiger charge is -2.19. The Bertz CT molecular complexity index is 612. The first-order chi connectivity index (χ1) is 11.3. The molecule has 0 bridgehead atoms. The summed E-state index contributed by atoms with van der Waals surface area (Å²) >= 11 is 0. The Morgan fingerprint density at radius 2 is 0.958 bits per heavy atom. The maximum absolute atomic E-state index is 12.9. The van der Waals surface area contributed by atoms with Crippen LogP contribution in [0.15, 0.2) is 48.5 Å². The first-order valence-corrected chi connectivity index (χ1v) is 8.39. The van der Waals surface area contributed by atoms with Gasteiger partial charge in [0.05, 0.1) is 0 Å². The third-order valence-corrected chi connectivity index (χ3v) is 4.67. The summed E-state index contributed by atoms with van der Waals surface area (Å²) < 4.78 is 0. The molecule has 2 rings (SSSR count). The summed E-state index contributed by atoms with van der Waals surface area (Å²) in [5.41, 5.74) is 4.43. The molecule has 0 radical (unpaired) electrons. The molecule has 0 N–H and O–H groups in total.